The number of amides is 1. The van der Waals surface area contributed by atoms with Gasteiger partial charge in [-0.2, -0.15) is 13.2 Å². The molecule has 0 aliphatic carbocycles. The molecule has 28 heavy (non-hydrogen) atoms. The molecule has 1 atom stereocenters. The lowest BCUT2D eigenvalue weighted by Gasteiger charge is -2.31. The number of piperazine rings is 1. The fraction of sp³-hybridized carbons (Fsp3) is 0.368. The van der Waals surface area contributed by atoms with Gasteiger partial charge >= 0.3 is 6.18 Å². The van der Waals surface area contributed by atoms with Crippen molar-refractivity contribution in [2.75, 3.05) is 36.4 Å². The summed E-state index contributed by atoms with van der Waals surface area (Å²) < 4.78 is 50.9. The first-order valence-electron chi connectivity index (χ1n) is 8.99. The molecule has 150 valence electrons. The maximum atomic E-state index is 13.0. The summed E-state index contributed by atoms with van der Waals surface area (Å²) in [5.74, 6) is 0.0967. The van der Waals surface area contributed by atoms with Crippen LogP contribution in [0.4, 0.5) is 29.1 Å². The molecular formula is C19H22F4N4O+2. The van der Waals surface area contributed by atoms with Gasteiger partial charge in [0.05, 0.1) is 5.56 Å². The highest BCUT2D eigenvalue weighted by Gasteiger charge is 2.34. The van der Waals surface area contributed by atoms with Crippen molar-refractivity contribution in [2.45, 2.75) is 19.1 Å². The Hall–Kier alpha value is -2.68. The van der Waals surface area contributed by atoms with E-state index in [0.717, 1.165) is 17.2 Å². The highest BCUT2D eigenvalue weighted by molar-refractivity contribution is 5.93. The fourth-order valence-corrected chi connectivity index (χ4v) is 3.23. The number of H-pyrrole nitrogens is 1. The van der Waals surface area contributed by atoms with Crippen molar-refractivity contribution in [1.82, 2.24) is 0 Å². The molecule has 0 bridgehead atoms. The molecule has 3 N–H and O–H groups in total. The maximum absolute atomic E-state index is 13.0. The zero-order chi connectivity index (χ0) is 20.3. The summed E-state index contributed by atoms with van der Waals surface area (Å²) in [4.78, 5) is 18.2. The lowest BCUT2D eigenvalue weighted by atomic mass is 10.2. The van der Waals surface area contributed by atoms with Gasteiger partial charge in [0.15, 0.2) is 6.04 Å². The van der Waals surface area contributed by atoms with E-state index in [1.54, 1.807) is 0 Å². The van der Waals surface area contributed by atoms with E-state index in [-0.39, 0.29) is 17.8 Å². The largest absolute Gasteiger partial charge is 0.419 e. The van der Waals surface area contributed by atoms with Crippen molar-refractivity contribution >= 4 is 17.4 Å². The Morgan fingerprint density at radius 1 is 1.14 bits per heavy atom. The summed E-state index contributed by atoms with van der Waals surface area (Å²) in [7, 11) is 0. The average Bonchev–Trinajstić information content (AvgIpc) is 2.69. The van der Waals surface area contributed by atoms with Crippen molar-refractivity contribution in [2.24, 2.45) is 0 Å². The van der Waals surface area contributed by atoms with Crippen LogP contribution in [0, 0.1) is 5.82 Å². The highest BCUT2D eigenvalue weighted by Crippen LogP contribution is 2.28. The van der Waals surface area contributed by atoms with Crippen molar-refractivity contribution in [3.8, 4) is 0 Å². The molecule has 2 aromatic rings. The van der Waals surface area contributed by atoms with Crippen LogP contribution in [0.2, 0.25) is 0 Å². The number of hydrogen-bond acceptors (Lipinski definition) is 2. The molecule has 1 aliphatic rings. The molecule has 0 saturated carbocycles. The Bertz CT molecular complexity index is 800. The molecule has 0 spiro atoms. The SMILES string of the molecule is C[C@@H](C(=O)Nc1ccc(F)cc1)[NH+]1CCN(c2ccc(C(F)(F)F)c[nH+]2)CC1. The summed E-state index contributed by atoms with van der Waals surface area (Å²) in [6.45, 7) is 4.41. The van der Waals surface area contributed by atoms with Gasteiger partial charge in [0.2, 0.25) is 0 Å². The molecule has 1 fully saturated rings. The van der Waals surface area contributed by atoms with Crippen LogP contribution < -0.4 is 20.1 Å². The lowest BCUT2D eigenvalue weighted by molar-refractivity contribution is -0.914. The predicted molar refractivity (Wildman–Crippen MR) is 95.4 cm³/mol. The van der Waals surface area contributed by atoms with Crippen LogP contribution in [0.15, 0.2) is 42.6 Å². The van der Waals surface area contributed by atoms with Gasteiger partial charge in [-0.1, -0.05) is 0 Å². The summed E-state index contributed by atoms with van der Waals surface area (Å²) in [5.41, 5.74) is -0.178. The van der Waals surface area contributed by atoms with E-state index in [4.69, 9.17) is 0 Å². The Labute approximate surface area is 160 Å². The Morgan fingerprint density at radius 3 is 2.32 bits per heavy atom. The zero-order valence-corrected chi connectivity index (χ0v) is 15.3. The Morgan fingerprint density at radius 2 is 1.79 bits per heavy atom. The number of carbonyl (C=O) groups is 1. The fourth-order valence-electron chi connectivity index (χ4n) is 3.23. The number of benzene rings is 1. The second-order valence-electron chi connectivity index (χ2n) is 6.82. The average molecular weight is 398 g/mol. The van der Waals surface area contributed by atoms with Crippen LogP contribution in [-0.2, 0) is 11.0 Å². The third-order valence-electron chi connectivity index (χ3n) is 4.99. The molecular weight excluding hydrogens is 376 g/mol. The Balaban J connectivity index is 1.54. The van der Waals surface area contributed by atoms with E-state index < -0.39 is 11.7 Å². The molecule has 2 heterocycles. The number of rotatable bonds is 4. The minimum Gasteiger partial charge on any atom is -0.321 e. The topological polar surface area (TPSA) is 50.9 Å². The van der Waals surface area contributed by atoms with Gasteiger partial charge in [-0.3, -0.25) is 9.69 Å². The molecule has 1 aromatic heterocycles. The minimum atomic E-state index is -4.37. The van der Waals surface area contributed by atoms with Crippen LogP contribution in [-0.4, -0.2) is 38.1 Å². The van der Waals surface area contributed by atoms with Crippen molar-refractivity contribution in [1.29, 1.82) is 0 Å². The van der Waals surface area contributed by atoms with Crippen molar-refractivity contribution in [3.05, 3.63) is 54.0 Å². The minimum absolute atomic E-state index is 0.156. The monoisotopic (exact) mass is 398 g/mol. The first kappa shape index (κ1) is 20.1. The van der Waals surface area contributed by atoms with E-state index in [1.807, 2.05) is 11.8 Å². The quantitative estimate of drug-likeness (QED) is 0.765. The van der Waals surface area contributed by atoms with E-state index in [9.17, 15) is 22.4 Å². The number of nitrogens with zero attached hydrogens (tertiary/aromatic N) is 1. The smallest absolute Gasteiger partial charge is 0.321 e. The van der Waals surface area contributed by atoms with Gasteiger partial charge in [-0.15, -0.1) is 0 Å². The molecule has 5 nitrogen and oxygen atoms in total. The van der Waals surface area contributed by atoms with Gasteiger partial charge in [-0.05, 0) is 37.3 Å². The second kappa shape index (κ2) is 8.14. The van der Waals surface area contributed by atoms with Crippen LogP contribution in [0.5, 0.6) is 0 Å². The number of anilines is 2. The molecule has 1 aliphatic heterocycles. The van der Waals surface area contributed by atoms with Crippen molar-refractivity contribution in [3.63, 3.8) is 0 Å². The first-order chi connectivity index (χ1) is 13.2. The summed E-state index contributed by atoms with van der Waals surface area (Å²) in [6, 6.07) is 7.77. The number of nitrogens with one attached hydrogen (secondary N) is 3. The third kappa shape index (κ3) is 4.78. The van der Waals surface area contributed by atoms with Gasteiger partial charge in [0, 0.05) is 11.8 Å². The number of pyridine rings is 1. The molecule has 1 saturated heterocycles. The molecule has 0 radical (unpaired) electrons. The number of hydrogen-bond donors (Lipinski definition) is 2. The zero-order valence-electron chi connectivity index (χ0n) is 15.3. The number of aromatic nitrogens is 1. The van der Waals surface area contributed by atoms with Crippen LogP contribution >= 0.6 is 0 Å². The van der Waals surface area contributed by atoms with Gasteiger partial charge in [-0.25, -0.2) is 9.37 Å². The predicted octanol–water partition coefficient (Wildman–Crippen LogP) is 1.39. The molecule has 1 amide bonds. The van der Waals surface area contributed by atoms with E-state index in [0.29, 0.717) is 37.7 Å². The van der Waals surface area contributed by atoms with Crippen molar-refractivity contribution < 1.29 is 32.2 Å². The number of halogens is 4. The van der Waals surface area contributed by atoms with Crippen LogP contribution in [0.3, 0.4) is 0 Å². The molecule has 0 unspecified atom stereocenters. The molecule has 9 heteroatoms. The summed E-state index contributed by atoms with van der Waals surface area (Å²) in [5, 5.41) is 2.78. The standard InChI is InChI=1S/C19H20F4N4O/c1-13(18(28)25-16-5-3-15(20)4-6-16)26-8-10-27(11-9-26)17-7-2-14(12-24-17)19(21,22)23/h2-7,12-13H,8-11H2,1H3,(H,25,28)/p+2/t13-/m0/s1. The van der Waals surface area contributed by atoms with E-state index in [2.05, 4.69) is 10.3 Å². The number of quaternary nitrogens is 1. The first-order valence-corrected chi connectivity index (χ1v) is 8.99. The van der Waals surface area contributed by atoms with Crippen LogP contribution in [0.1, 0.15) is 12.5 Å². The third-order valence-corrected chi connectivity index (χ3v) is 4.99. The second-order valence-corrected chi connectivity index (χ2v) is 6.82. The summed E-state index contributed by atoms with van der Waals surface area (Å²) >= 11 is 0. The van der Waals surface area contributed by atoms with Crippen LogP contribution in [0.25, 0.3) is 0 Å². The number of aromatic amines is 1. The number of carbonyl (C=O) groups excluding carboxylic acids is 1. The van der Waals surface area contributed by atoms with E-state index in [1.165, 1.54) is 30.3 Å². The Kier molecular flexibility index (Phi) is 5.83. The van der Waals surface area contributed by atoms with Gasteiger partial charge in [0.1, 0.15) is 38.2 Å². The molecule has 3 rings (SSSR count). The highest BCUT2D eigenvalue weighted by atomic mass is 19.4. The lowest BCUT2D eigenvalue weighted by Crippen LogP contribution is -3.19. The van der Waals surface area contributed by atoms with Gasteiger partial charge in [0.25, 0.3) is 11.7 Å². The molecule has 1 aromatic carbocycles. The normalized spacial score (nSPS) is 16.7. The summed E-state index contributed by atoms with van der Waals surface area (Å²) in [6.07, 6.45) is -3.40. The maximum Gasteiger partial charge on any atom is 0.419 e. The number of alkyl halides is 3. The van der Waals surface area contributed by atoms with E-state index >= 15 is 0 Å². The van der Waals surface area contributed by atoms with Gasteiger partial charge < -0.3 is 10.2 Å².